The Labute approximate surface area is 190 Å². The Morgan fingerprint density at radius 1 is 1.21 bits per heavy atom. The van der Waals surface area contributed by atoms with Crippen LogP contribution in [0.4, 0.5) is 13.2 Å². The molecular weight excluding hydrogens is 431 g/mol. The molecule has 2 unspecified atom stereocenters. The molecule has 4 nitrogen and oxygen atoms in total. The van der Waals surface area contributed by atoms with Gasteiger partial charge in [0.15, 0.2) is 0 Å². The highest BCUT2D eigenvalue weighted by molar-refractivity contribution is 6.14. The van der Waals surface area contributed by atoms with Crippen molar-refractivity contribution in [2.75, 3.05) is 13.2 Å². The number of fused-ring (bicyclic) bond motifs is 3. The van der Waals surface area contributed by atoms with Gasteiger partial charge in [0.25, 0.3) is 0 Å². The number of halogens is 3. The number of hydrogen-bond acceptors (Lipinski definition) is 4. The van der Waals surface area contributed by atoms with Crippen LogP contribution in [-0.4, -0.2) is 36.6 Å². The molecule has 2 aliphatic rings. The molecule has 174 valence electrons. The Hall–Kier alpha value is -2.93. The summed E-state index contributed by atoms with van der Waals surface area (Å²) in [6, 6.07) is 9.41. The van der Waals surface area contributed by atoms with Crippen LogP contribution < -0.4 is 0 Å². The topological polar surface area (TPSA) is 58.9 Å². The van der Waals surface area contributed by atoms with Gasteiger partial charge in [0.2, 0.25) is 5.60 Å². The van der Waals surface area contributed by atoms with Crippen LogP contribution in [0.5, 0.6) is 0 Å². The highest BCUT2D eigenvalue weighted by Crippen LogP contribution is 2.56. The molecule has 1 aliphatic heterocycles. The van der Waals surface area contributed by atoms with Gasteiger partial charge in [0.1, 0.15) is 0 Å². The minimum Gasteiger partial charge on any atom is -0.466 e. The number of alkyl halides is 3. The first-order valence-corrected chi connectivity index (χ1v) is 11.1. The van der Waals surface area contributed by atoms with Gasteiger partial charge in [-0.15, -0.1) is 0 Å². The smallest absolute Gasteiger partial charge is 0.425 e. The van der Waals surface area contributed by atoms with Gasteiger partial charge in [0.05, 0.1) is 6.61 Å². The Kier molecular flexibility index (Phi) is 6.18. The minimum atomic E-state index is -4.87. The monoisotopic (exact) mass is 457 g/mol. The summed E-state index contributed by atoms with van der Waals surface area (Å²) in [5, 5.41) is 11.0. The third-order valence-corrected chi connectivity index (χ3v) is 6.23. The molecular formula is C26H26F3NO3. The minimum absolute atomic E-state index is 0.0636. The number of hydrogen-bond donors (Lipinski definition) is 1. The van der Waals surface area contributed by atoms with Gasteiger partial charge < -0.3 is 9.84 Å². The number of carbonyl (C=O) groups is 1. The molecule has 0 spiro atoms. The zero-order chi connectivity index (χ0) is 23.8. The van der Waals surface area contributed by atoms with Crippen molar-refractivity contribution in [1.29, 1.82) is 0 Å². The zero-order valence-corrected chi connectivity index (χ0v) is 18.6. The van der Waals surface area contributed by atoms with Gasteiger partial charge in [-0.05, 0) is 54.9 Å². The molecule has 7 heteroatoms. The summed E-state index contributed by atoms with van der Waals surface area (Å²) >= 11 is 0. The SMILES string of the molecule is CCOC(=O)CCCC1C=C(c2cc(C)cc3c2-c2ccccc2C3(O)C(F)(F)F)C=NC1. The summed E-state index contributed by atoms with van der Waals surface area (Å²) < 4.78 is 47.6. The Bertz CT molecular complexity index is 1140. The lowest BCUT2D eigenvalue weighted by atomic mass is 9.86. The highest BCUT2D eigenvalue weighted by atomic mass is 19.4. The molecule has 0 bridgehead atoms. The number of rotatable bonds is 6. The van der Waals surface area contributed by atoms with Crippen molar-refractivity contribution < 1.29 is 27.8 Å². The molecule has 2 atom stereocenters. The van der Waals surface area contributed by atoms with E-state index < -0.39 is 11.8 Å². The predicted molar refractivity (Wildman–Crippen MR) is 121 cm³/mol. The van der Waals surface area contributed by atoms with Crippen LogP contribution in [-0.2, 0) is 15.1 Å². The molecule has 4 rings (SSSR count). The van der Waals surface area contributed by atoms with E-state index in [0.717, 1.165) is 12.0 Å². The van der Waals surface area contributed by atoms with Gasteiger partial charge >= 0.3 is 12.1 Å². The predicted octanol–water partition coefficient (Wildman–Crippen LogP) is 5.59. The molecule has 2 aromatic rings. The van der Waals surface area contributed by atoms with Crippen LogP contribution in [0.25, 0.3) is 16.7 Å². The number of nitrogens with zero attached hydrogens (tertiary/aromatic N) is 1. The van der Waals surface area contributed by atoms with E-state index in [9.17, 15) is 23.1 Å². The Morgan fingerprint density at radius 3 is 2.70 bits per heavy atom. The second kappa shape index (κ2) is 8.78. The van der Waals surface area contributed by atoms with Crippen LogP contribution in [0, 0.1) is 12.8 Å². The van der Waals surface area contributed by atoms with E-state index in [1.54, 1.807) is 32.2 Å². The lowest BCUT2D eigenvalue weighted by Gasteiger charge is -2.29. The van der Waals surface area contributed by atoms with E-state index in [4.69, 9.17) is 4.74 Å². The second-order valence-electron chi connectivity index (χ2n) is 8.56. The van der Waals surface area contributed by atoms with Crippen LogP contribution >= 0.6 is 0 Å². The third kappa shape index (κ3) is 4.10. The number of dihydropyridines is 1. The lowest BCUT2D eigenvalue weighted by molar-refractivity contribution is -0.246. The molecule has 0 aromatic heterocycles. The van der Waals surface area contributed by atoms with Crippen molar-refractivity contribution in [1.82, 2.24) is 0 Å². The van der Waals surface area contributed by atoms with E-state index in [1.807, 2.05) is 12.1 Å². The first-order valence-electron chi connectivity index (χ1n) is 11.1. The molecule has 1 aliphatic carbocycles. The Morgan fingerprint density at radius 2 is 1.97 bits per heavy atom. The summed E-state index contributed by atoms with van der Waals surface area (Å²) in [4.78, 5) is 16.1. The van der Waals surface area contributed by atoms with Crippen molar-refractivity contribution in [3.05, 3.63) is 64.7 Å². The number of benzene rings is 2. The summed E-state index contributed by atoms with van der Waals surface area (Å²) in [5.74, 6) is -0.172. The normalized spacial score (nSPS) is 21.4. The molecule has 33 heavy (non-hydrogen) atoms. The van der Waals surface area contributed by atoms with E-state index in [0.29, 0.717) is 48.2 Å². The second-order valence-corrected chi connectivity index (χ2v) is 8.56. The summed E-state index contributed by atoms with van der Waals surface area (Å²) in [7, 11) is 0. The largest absolute Gasteiger partial charge is 0.466 e. The van der Waals surface area contributed by atoms with E-state index in [2.05, 4.69) is 4.99 Å². The quantitative estimate of drug-likeness (QED) is 0.575. The van der Waals surface area contributed by atoms with Gasteiger partial charge in [-0.2, -0.15) is 13.2 Å². The molecule has 2 aromatic carbocycles. The number of ether oxygens (including phenoxy) is 1. The maximum atomic E-state index is 14.2. The molecule has 0 fully saturated rings. The van der Waals surface area contributed by atoms with E-state index in [-0.39, 0.29) is 23.0 Å². The first-order chi connectivity index (χ1) is 15.7. The molecule has 1 heterocycles. The fourth-order valence-electron chi connectivity index (χ4n) is 4.77. The average molecular weight is 457 g/mol. The average Bonchev–Trinajstić information content (AvgIpc) is 3.03. The van der Waals surface area contributed by atoms with E-state index >= 15 is 0 Å². The van der Waals surface area contributed by atoms with Crippen LogP contribution in [0.2, 0.25) is 0 Å². The standard InChI is InChI=1S/C26H26F3NO3/c1-3-33-23(31)10-6-7-17-13-18(15-30-14-17)20-11-16(2)12-22-24(20)19-8-4-5-9-21(19)25(22,32)26(27,28)29/h4-5,8-9,11-13,15,17,32H,3,6-7,10,14H2,1-2H3. The summed E-state index contributed by atoms with van der Waals surface area (Å²) in [5.41, 5.74) is -0.631. The fourth-order valence-corrected chi connectivity index (χ4v) is 4.77. The van der Waals surface area contributed by atoms with Crippen molar-refractivity contribution in [3.63, 3.8) is 0 Å². The molecule has 0 saturated carbocycles. The van der Waals surface area contributed by atoms with Crippen molar-refractivity contribution in [3.8, 4) is 11.1 Å². The number of aryl methyl sites for hydroxylation is 1. The number of esters is 1. The maximum Gasteiger partial charge on any atom is 0.425 e. The van der Waals surface area contributed by atoms with Gasteiger partial charge in [-0.1, -0.05) is 48.0 Å². The molecule has 0 amide bonds. The molecule has 1 N–H and O–H groups in total. The van der Waals surface area contributed by atoms with Crippen LogP contribution in [0.3, 0.4) is 0 Å². The third-order valence-electron chi connectivity index (χ3n) is 6.23. The van der Waals surface area contributed by atoms with Crippen molar-refractivity contribution in [2.45, 2.75) is 44.9 Å². The van der Waals surface area contributed by atoms with Crippen LogP contribution in [0.1, 0.15) is 48.4 Å². The van der Waals surface area contributed by atoms with Gasteiger partial charge in [-0.25, -0.2) is 0 Å². The lowest BCUT2D eigenvalue weighted by Crippen LogP contribution is -2.41. The van der Waals surface area contributed by atoms with Crippen molar-refractivity contribution >= 4 is 17.8 Å². The highest BCUT2D eigenvalue weighted by Gasteiger charge is 2.61. The Balaban J connectivity index is 1.74. The number of aliphatic hydroxyl groups is 1. The van der Waals surface area contributed by atoms with Crippen LogP contribution in [0.15, 0.2) is 47.5 Å². The number of aliphatic imine (C=N–C) groups is 1. The number of carbonyl (C=O) groups excluding carboxylic acids is 1. The fraction of sp³-hybridized carbons (Fsp3) is 0.385. The summed E-state index contributed by atoms with van der Waals surface area (Å²) in [6.07, 6.45) is 0.514. The van der Waals surface area contributed by atoms with Crippen molar-refractivity contribution in [2.24, 2.45) is 10.9 Å². The first kappa shape index (κ1) is 23.2. The summed E-state index contributed by atoms with van der Waals surface area (Å²) in [6.45, 7) is 4.40. The molecule has 0 saturated heterocycles. The zero-order valence-electron chi connectivity index (χ0n) is 18.6. The molecule has 0 radical (unpaired) electrons. The van der Waals surface area contributed by atoms with E-state index in [1.165, 1.54) is 18.2 Å². The van der Waals surface area contributed by atoms with Gasteiger partial charge in [-0.3, -0.25) is 9.79 Å². The number of allylic oxidation sites excluding steroid dienone is 1. The van der Waals surface area contributed by atoms with Gasteiger partial charge in [0, 0.05) is 30.3 Å². The maximum absolute atomic E-state index is 14.2.